The first-order chi connectivity index (χ1) is 22.5. The van der Waals surface area contributed by atoms with Gasteiger partial charge in [-0.15, -0.1) is 0 Å². The van der Waals surface area contributed by atoms with Crippen LogP contribution in [0.25, 0.3) is 0 Å². The average molecular weight is 678 g/mol. The Balaban J connectivity index is 1.82. The van der Waals surface area contributed by atoms with E-state index in [1.807, 2.05) is 44.2 Å². The molecule has 0 fully saturated rings. The van der Waals surface area contributed by atoms with Crippen molar-refractivity contribution in [2.45, 2.75) is 37.8 Å². The molecular formula is C36H40ClN3O6S. The van der Waals surface area contributed by atoms with Crippen LogP contribution >= 0.6 is 11.6 Å². The molecule has 0 heterocycles. The topological polar surface area (TPSA) is 105 Å². The van der Waals surface area contributed by atoms with Crippen molar-refractivity contribution in [2.24, 2.45) is 5.92 Å². The lowest BCUT2D eigenvalue weighted by molar-refractivity contribution is -0.140. The minimum absolute atomic E-state index is 0.0327. The fourth-order valence-corrected chi connectivity index (χ4v) is 6.54. The molecule has 9 nitrogen and oxygen atoms in total. The lowest BCUT2D eigenvalue weighted by Crippen LogP contribution is -2.53. The zero-order valence-corrected chi connectivity index (χ0v) is 28.5. The molecule has 0 radical (unpaired) electrons. The van der Waals surface area contributed by atoms with Crippen LogP contribution in [-0.2, 0) is 32.6 Å². The molecule has 0 aromatic heterocycles. The number of halogens is 1. The second kappa shape index (κ2) is 16.3. The summed E-state index contributed by atoms with van der Waals surface area (Å²) in [6.45, 7) is 3.80. The number of hydrogen-bond acceptors (Lipinski definition) is 6. The number of para-hydroxylation sites is 2. The number of nitrogens with zero attached hydrogens (tertiary/aromatic N) is 2. The van der Waals surface area contributed by atoms with E-state index >= 15 is 0 Å². The van der Waals surface area contributed by atoms with E-state index in [0.29, 0.717) is 17.3 Å². The summed E-state index contributed by atoms with van der Waals surface area (Å²) in [5.74, 6) is -0.00553. The van der Waals surface area contributed by atoms with Gasteiger partial charge in [0, 0.05) is 24.5 Å². The van der Waals surface area contributed by atoms with Crippen molar-refractivity contribution < 1.29 is 27.5 Å². The van der Waals surface area contributed by atoms with Crippen molar-refractivity contribution in [2.75, 3.05) is 31.6 Å². The minimum atomic E-state index is -4.31. The van der Waals surface area contributed by atoms with Crippen LogP contribution in [0, 0.1) is 5.92 Å². The van der Waals surface area contributed by atoms with Gasteiger partial charge >= 0.3 is 0 Å². The van der Waals surface area contributed by atoms with Crippen LogP contribution in [0.2, 0.25) is 5.02 Å². The highest BCUT2D eigenvalue weighted by atomic mass is 35.5. The van der Waals surface area contributed by atoms with Crippen LogP contribution in [-0.4, -0.2) is 58.5 Å². The number of anilines is 1. The Hall–Kier alpha value is -4.54. The molecule has 0 unspecified atom stereocenters. The molecule has 11 heteroatoms. The zero-order valence-electron chi connectivity index (χ0n) is 26.9. The van der Waals surface area contributed by atoms with E-state index in [1.54, 1.807) is 48.5 Å². The van der Waals surface area contributed by atoms with Crippen molar-refractivity contribution in [3.8, 4) is 11.5 Å². The summed E-state index contributed by atoms with van der Waals surface area (Å²) in [5.41, 5.74) is 1.74. The monoisotopic (exact) mass is 677 g/mol. The molecule has 1 atom stereocenters. The smallest absolute Gasteiger partial charge is 0.264 e. The largest absolute Gasteiger partial charge is 0.497 e. The van der Waals surface area contributed by atoms with Crippen molar-refractivity contribution in [3.05, 3.63) is 119 Å². The van der Waals surface area contributed by atoms with E-state index in [2.05, 4.69) is 5.32 Å². The van der Waals surface area contributed by atoms with E-state index in [4.69, 9.17) is 21.1 Å². The van der Waals surface area contributed by atoms with Crippen LogP contribution < -0.4 is 19.1 Å². The highest BCUT2D eigenvalue weighted by Gasteiger charge is 2.35. The molecule has 4 aromatic rings. The summed E-state index contributed by atoms with van der Waals surface area (Å²) in [5, 5.41) is 3.51. The molecule has 0 aliphatic carbocycles. The van der Waals surface area contributed by atoms with Gasteiger partial charge < -0.3 is 19.7 Å². The van der Waals surface area contributed by atoms with Gasteiger partial charge in [-0.25, -0.2) is 8.42 Å². The number of ether oxygens (including phenoxy) is 2. The van der Waals surface area contributed by atoms with Gasteiger partial charge in [0.25, 0.3) is 10.0 Å². The average Bonchev–Trinajstić information content (AvgIpc) is 3.08. The van der Waals surface area contributed by atoms with Gasteiger partial charge in [0.15, 0.2) is 0 Å². The Morgan fingerprint density at radius 1 is 0.809 bits per heavy atom. The predicted octanol–water partition coefficient (Wildman–Crippen LogP) is 5.96. The van der Waals surface area contributed by atoms with Crippen molar-refractivity contribution >= 4 is 39.1 Å². The van der Waals surface area contributed by atoms with Gasteiger partial charge in [-0.1, -0.05) is 80.0 Å². The molecule has 0 aliphatic heterocycles. The van der Waals surface area contributed by atoms with Gasteiger partial charge in [0.2, 0.25) is 11.8 Å². The summed E-state index contributed by atoms with van der Waals surface area (Å²) in [4.78, 5) is 29.9. The molecule has 2 amide bonds. The predicted molar refractivity (Wildman–Crippen MR) is 184 cm³/mol. The van der Waals surface area contributed by atoms with E-state index in [-0.39, 0.29) is 41.1 Å². The van der Waals surface area contributed by atoms with E-state index in [1.165, 1.54) is 43.4 Å². The second-order valence-corrected chi connectivity index (χ2v) is 13.7. The van der Waals surface area contributed by atoms with E-state index in [0.717, 1.165) is 15.4 Å². The number of rotatable bonds is 15. The van der Waals surface area contributed by atoms with Crippen LogP contribution in [0.4, 0.5) is 5.69 Å². The lowest BCUT2D eigenvalue weighted by atomic mass is 10.0. The Labute approximate surface area is 282 Å². The maximum Gasteiger partial charge on any atom is 0.264 e. The van der Waals surface area contributed by atoms with Gasteiger partial charge in [0.05, 0.1) is 24.8 Å². The third-order valence-electron chi connectivity index (χ3n) is 7.50. The normalized spacial score (nSPS) is 11.9. The number of nitrogens with one attached hydrogen (secondary N) is 1. The second-order valence-electron chi connectivity index (χ2n) is 11.4. The molecule has 248 valence electrons. The Morgan fingerprint density at radius 2 is 1.45 bits per heavy atom. The molecule has 0 saturated heterocycles. The number of sulfonamides is 1. The first-order valence-corrected chi connectivity index (χ1v) is 17.0. The first kappa shape index (κ1) is 35.3. The highest BCUT2D eigenvalue weighted by Crippen LogP contribution is 2.33. The third-order valence-corrected chi connectivity index (χ3v) is 9.53. The summed E-state index contributed by atoms with van der Waals surface area (Å²) in [7, 11) is -1.39. The molecule has 4 rings (SSSR count). The molecule has 0 aliphatic rings. The summed E-state index contributed by atoms with van der Waals surface area (Å²) < 4.78 is 40.4. The van der Waals surface area contributed by atoms with Gasteiger partial charge in [-0.05, 0) is 65.6 Å². The maximum atomic E-state index is 14.6. The maximum absolute atomic E-state index is 14.6. The molecule has 4 aromatic carbocycles. The summed E-state index contributed by atoms with van der Waals surface area (Å²) in [6.07, 6.45) is 0.212. The number of methoxy groups -OCH3 is 2. The van der Waals surface area contributed by atoms with Crippen LogP contribution in [0.3, 0.4) is 0 Å². The fraction of sp³-hybridized carbons (Fsp3) is 0.278. The standard InChI is InChI=1S/C36H40ClN3O6S/c1-26(2)23-38-36(42)33(22-27-10-6-5-7-11-27)39(24-28-14-16-29(37)17-15-28)35(41)25-40(32-12-8-9-13-34(32)46-4)47(43,44)31-20-18-30(45-3)19-21-31/h5-21,26,33H,22-25H2,1-4H3,(H,38,42)/t33-/m1/s1. The molecule has 0 spiro atoms. The molecule has 0 saturated carbocycles. The Kier molecular flexibility index (Phi) is 12.3. The highest BCUT2D eigenvalue weighted by molar-refractivity contribution is 7.92. The fourth-order valence-electron chi connectivity index (χ4n) is 4.99. The van der Waals surface area contributed by atoms with Crippen molar-refractivity contribution in [1.29, 1.82) is 0 Å². The molecule has 0 bridgehead atoms. The molecular weight excluding hydrogens is 638 g/mol. The van der Waals surface area contributed by atoms with Crippen molar-refractivity contribution in [1.82, 2.24) is 10.2 Å². The van der Waals surface area contributed by atoms with Gasteiger partial charge in [0.1, 0.15) is 24.1 Å². The summed E-state index contributed by atoms with van der Waals surface area (Å²) >= 11 is 6.16. The molecule has 1 N–H and O–H groups in total. The quantitative estimate of drug-likeness (QED) is 0.166. The minimum Gasteiger partial charge on any atom is -0.497 e. The third kappa shape index (κ3) is 9.27. The number of benzene rings is 4. The summed E-state index contributed by atoms with van der Waals surface area (Å²) in [6, 6.07) is 27.9. The SMILES string of the molecule is COc1ccc(S(=O)(=O)N(CC(=O)N(Cc2ccc(Cl)cc2)[C@H](Cc2ccccc2)C(=O)NCC(C)C)c2ccccc2OC)cc1. The number of carbonyl (C=O) groups excluding carboxylic acids is 2. The first-order valence-electron chi connectivity index (χ1n) is 15.2. The Morgan fingerprint density at radius 3 is 2.06 bits per heavy atom. The van der Waals surface area contributed by atoms with Crippen LogP contribution in [0.15, 0.2) is 108 Å². The van der Waals surface area contributed by atoms with Crippen LogP contribution in [0.5, 0.6) is 11.5 Å². The van der Waals surface area contributed by atoms with E-state index < -0.39 is 28.5 Å². The number of hydrogen-bond donors (Lipinski definition) is 1. The van der Waals surface area contributed by atoms with Crippen LogP contribution in [0.1, 0.15) is 25.0 Å². The molecule has 47 heavy (non-hydrogen) atoms. The number of amides is 2. The number of carbonyl (C=O) groups is 2. The van der Waals surface area contributed by atoms with E-state index in [9.17, 15) is 18.0 Å². The zero-order chi connectivity index (χ0) is 34.0. The Bertz CT molecular complexity index is 1730. The van der Waals surface area contributed by atoms with Gasteiger partial charge in [-0.2, -0.15) is 0 Å². The van der Waals surface area contributed by atoms with Crippen molar-refractivity contribution in [3.63, 3.8) is 0 Å². The lowest BCUT2D eigenvalue weighted by Gasteiger charge is -2.34. The van der Waals surface area contributed by atoms with Gasteiger partial charge in [-0.3, -0.25) is 13.9 Å².